The average Bonchev–Trinajstić information content (AvgIpc) is 3.08. The van der Waals surface area contributed by atoms with Gasteiger partial charge in [0.1, 0.15) is 12.3 Å². The van der Waals surface area contributed by atoms with E-state index in [1.807, 2.05) is 31.2 Å². The normalized spacial score (nSPS) is 10.7. The molecule has 3 rings (SSSR count). The Balaban J connectivity index is 1.90. The molecule has 7 nitrogen and oxygen atoms in total. The molecule has 0 bridgehead atoms. The van der Waals surface area contributed by atoms with Gasteiger partial charge in [-0.2, -0.15) is 0 Å². The second-order valence-corrected chi connectivity index (χ2v) is 4.60. The van der Waals surface area contributed by atoms with Crippen LogP contribution in [0.5, 0.6) is 0 Å². The van der Waals surface area contributed by atoms with Crippen molar-refractivity contribution in [1.29, 1.82) is 0 Å². The summed E-state index contributed by atoms with van der Waals surface area (Å²) in [4.78, 5) is 10.8. The van der Waals surface area contributed by atoms with Crippen molar-refractivity contribution in [2.45, 2.75) is 13.5 Å². The first kappa shape index (κ1) is 13.0. The summed E-state index contributed by atoms with van der Waals surface area (Å²) in [6, 6.07) is 10.8. The third-order valence-corrected chi connectivity index (χ3v) is 2.99. The predicted octanol–water partition coefficient (Wildman–Crippen LogP) is 1.99. The van der Waals surface area contributed by atoms with E-state index in [1.165, 1.54) is 6.07 Å². The number of rotatable bonds is 4. The summed E-state index contributed by atoms with van der Waals surface area (Å²) in [5.74, 6) is -0.118. The van der Waals surface area contributed by atoms with Gasteiger partial charge in [-0.25, -0.2) is 9.48 Å². The van der Waals surface area contributed by atoms with Crippen molar-refractivity contribution >= 4 is 5.97 Å². The Morgan fingerprint density at radius 3 is 2.90 bits per heavy atom. The fraction of sp³-hybridized carbons (Fsp3) is 0.143. The van der Waals surface area contributed by atoms with E-state index in [4.69, 9.17) is 9.52 Å². The van der Waals surface area contributed by atoms with Crippen LogP contribution in [0.3, 0.4) is 0 Å². The van der Waals surface area contributed by atoms with Crippen LogP contribution in [0.25, 0.3) is 11.4 Å². The molecule has 1 aromatic carbocycles. The van der Waals surface area contributed by atoms with Crippen LogP contribution in [-0.4, -0.2) is 31.3 Å². The van der Waals surface area contributed by atoms with E-state index in [1.54, 1.807) is 10.7 Å². The molecule has 0 saturated heterocycles. The van der Waals surface area contributed by atoms with E-state index in [2.05, 4.69) is 15.5 Å². The number of carbonyl (C=O) groups is 1. The Hall–Kier alpha value is -2.96. The maximum absolute atomic E-state index is 10.8. The maximum Gasteiger partial charge on any atom is 0.371 e. The fourth-order valence-electron chi connectivity index (χ4n) is 2.03. The Morgan fingerprint density at radius 1 is 1.33 bits per heavy atom. The van der Waals surface area contributed by atoms with Gasteiger partial charge in [-0.1, -0.05) is 23.8 Å². The number of furan rings is 1. The lowest BCUT2D eigenvalue weighted by Crippen LogP contribution is -2.04. The SMILES string of the molecule is Cc1cccc(-c2nnnn2Cc2ccc(C(=O)O)o2)c1. The number of benzene rings is 1. The van der Waals surface area contributed by atoms with Crippen LogP contribution in [0.2, 0.25) is 0 Å². The Bertz CT molecular complexity index is 791. The van der Waals surface area contributed by atoms with Gasteiger partial charge < -0.3 is 9.52 Å². The van der Waals surface area contributed by atoms with Crippen LogP contribution >= 0.6 is 0 Å². The third-order valence-electron chi connectivity index (χ3n) is 2.99. The number of hydrogen-bond donors (Lipinski definition) is 1. The number of aryl methyl sites for hydroxylation is 1. The molecular formula is C14H12N4O3. The Kier molecular flexibility index (Phi) is 3.23. The fourth-order valence-corrected chi connectivity index (χ4v) is 2.03. The minimum atomic E-state index is -1.10. The monoisotopic (exact) mass is 284 g/mol. The van der Waals surface area contributed by atoms with Crippen LogP contribution in [0.4, 0.5) is 0 Å². The molecule has 0 spiro atoms. The molecule has 0 radical (unpaired) electrons. The predicted molar refractivity (Wildman–Crippen MR) is 72.8 cm³/mol. The summed E-state index contributed by atoms with van der Waals surface area (Å²) in [5, 5.41) is 20.4. The largest absolute Gasteiger partial charge is 0.475 e. The molecule has 0 fully saturated rings. The number of nitrogens with zero attached hydrogens (tertiary/aromatic N) is 4. The summed E-state index contributed by atoms with van der Waals surface area (Å²) >= 11 is 0. The van der Waals surface area contributed by atoms with Crippen molar-refractivity contribution in [3.8, 4) is 11.4 Å². The van der Waals surface area contributed by atoms with Gasteiger partial charge in [0.05, 0.1) is 0 Å². The summed E-state index contributed by atoms with van der Waals surface area (Å²) in [5.41, 5.74) is 2.00. The molecule has 21 heavy (non-hydrogen) atoms. The summed E-state index contributed by atoms with van der Waals surface area (Å²) in [7, 11) is 0. The lowest BCUT2D eigenvalue weighted by atomic mass is 10.1. The van der Waals surface area contributed by atoms with E-state index in [-0.39, 0.29) is 12.3 Å². The van der Waals surface area contributed by atoms with E-state index < -0.39 is 5.97 Å². The van der Waals surface area contributed by atoms with Crippen molar-refractivity contribution in [2.24, 2.45) is 0 Å². The summed E-state index contributed by atoms with van der Waals surface area (Å²) < 4.78 is 6.79. The van der Waals surface area contributed by atoms with Crippen molar-refractivity contribution in [1.82, 2.24) is 20.2 Å². The molecule has 0 saturated carbocycles. The van der Waals surface area contributed by atoms with Crippen LogP contribution < -0.4 is 0 Å². The number of aromatic carboxylic acids is 1. The lowest BCUT2D eigenvalue weighted by molar-refractivity contribution is 0.0660. The third kappa shape index (κ3) is 2.66. The van der Waals surface area contributed by atoms with Gasteiger partial charge in [0, 0.05) is 5.56 Å². The highest BCUT2D eigenvalue weighted by Crippen LogP contribution is 2.18. The maximum atomic E-state index is 10.8. The molecule has 2 aromatic heterocycles. The molecule has 7 heteroatoms. The van der Waals surface area contributed by atoms with Gasteiger partial charge in [-0.3, -0.25) is 0 Å². The average molecular weight is 284 g/mol. The highest BCUT2D eigenvalue weighted by molar-refractivity contribution is 5.84. The molecule has 0 aliphatic heterocycles. The first-order valence-electron chi connectivity index (χ1n) is 6.29. The highest BCUT2D eigenvalue weighted by atomic mass is 16.4. The van der Waals surface area contributed by atoms with E-state index >= 15 is 0 Å². The van der Waals surface area contributed by atoms with Crippen LogP contribution in [-0.2, 0) is 6.54 Å². The van der Waals surface area contributed by atoms with Crippen LogP contribution in [0, 0.1) is 6.92 Å². The molecule has 0 atom stereocenters. The molecule has 1 N–H and O–H groups in total. The van der Waals surface area contributed by atoms with Crippen molar-refractivity contribution < 1.29 is 14.3 Å². The van der Waals surface area contributed by atoms with Gasteiger partial charge in [0.15, 0.2) is 5.82 Å². The standard InChI is InChI=1S/C14H12N4O3/c1-9-3-2-4-10(7-9)13-15-16-17-18(13)8-11-5-6-12(21-11)14(19)20/h2-7H,8H2,1H3,(H,19,20). The molecule has 0 amide bonds. The number of hydrogen-bond acceptors (Lipinski definition) is 5. The first-order chi connectivity index (χ1) is 10.1. The van der Waals surface area contributed by atoms with Crippen LogP contribution in [0.15, 0.2) is 40.8 Å². The van der Waals surface area contributed by atoms with E-state index in [0.717, 1.165) is 11.1 Å². The number of tetrazole rings is 1. The Labute approximate surface area is 119 Å². The second kappa shape index (κ2) is 5.20. The molecule has 0 unspecified atom stereocenters. The minimum Gasteiger partial charge on any atom is -0.475 e. The zero-order valence-corrected chi connectivity index (χ0v) is 11.2. The number of aromatic nitrogens is 4. The first-order valence-corrected chi connectivity index (χ1v) is 6.29. The summed E-state index contributed by atoms with van der Waals surface area (Å²) in [6.45, 7) is 2.26. The number of carboxylic acid groups (broad SMARTS) is 1. The van der Waals surface area contributed by atoms with Gasteiger partial charge in [0.2, 0.25) is 5.76 Å². The molecule has 106 valence electrons. The van der Waals surface area contributed by atoms with Crippen molar-refractivity contribution in [2.75, 3.05) is 0 Å². The molecule has 0 aliphatic carbocycles. The zero-order chi connectivity index (χ0) is 14.8. The van der Waals surface area contributed by atoms with E-state index in [0.29, 0.717) is 11.6 Å². The van der Waals surface area contributed by atoms with Crippen molar-refractivity contribution in [3.05, 3.63) is 53.5 Å². The van der Waals surface area contributed by atoms with Crippen LogP contribution in [0.1, 0.15) is 21.9 Å². The highest BCUT2D eigenvalue weighted by Gasteiger charge is 2.13. The molecule has 2 heterocycles. The molecule has 0 aliphatic rings. The topological polar surface area (TPSA) is 94.0 Å². The van der Waals surface area contributed by atoms with Gasteiger partial charge >= 0.3 is 5.97 Å². The van der Waals surface area contributed by atoms with Gasteiger partial charge in [0.25, 0.3) is 0 Å². The number of carboxylic acids is 1. The van der Waals surface area contributed by atoms with Crippen molar-refractivity contribution in [3.63, 3.8) is 0 Å². The smallest absolute Gasteiger partial charge is 0.371 e. The Morgan fingerprint density at radius 2 is 2.19 bits per heavy atom. The molecule has 3 aromatic rings. The summed E-state index contributed by atoms with van der Waals surface area (Å²) in [6.07, 6.45) is 0. The molecular weight excluding hydrogens is 272 g/mol. The lowest BCUT2D eigenvalue weighted by Gasteiger charge is -2.03. The quantitative estimate of drug-likeness (QED) is 0.787. The van der Waals surface area contributed by atoms with Gasteiger partial charge in [-0.15, -0.1) is 5.10 Å². The van der Waals surface area contributed by atoms with E-state index in [9.17, 15) is 4.79 Å². The minimum absolute atomic E-state index is 0.102. The second-order valence-electron chi connectivity index (χ2n) is 4.60. The van der Waals surface area contributed by atoms with Gasteiger partial charge in [-0.05, 0) is 35.5 Å². The zero-order valence-electron chi connectivity index (χ0n) is 11.2.